The SMILES string of the molecule is COc1cccc2c1CC[C@@H]2Nc1nc(C(F)F)cc2cc(-c3c4c(nc(CCc5ccc(F)cc5)c3-c3nnc(C)o3)[C@@H]3CCCN3C4=O)sc12. The summed E-state index contributed by atoms with van der Waals surface area (Å²) in [5.41, 5.74) is 5.70. The van der Waals surface area contributed by atoms with Crippen LogP contribution in [0.25, 0.3) is 32.0 Å². The Balaban J connectivity index is 1.23. The minimum Gasteiger partial charge on any atom is -0.496 e. The first-order valence-electron chi connectivity index (χ1n) is 17.4. The number of benzene rings is 2. The van der Waals surface area contributed by atoms with E-state index in [0.717, 1.165) is 48.1 Å². The van der Waals surface area contributed by atoms with Gasteiger partial charge >= 0.3 is 0 Å². The molecular formula is C39H33F3N6O3S. The fourth-order valence-electron chi connectivity index (χ4n) is 8.05. The number of carbonyl (C=O) groups excluding carboxylic acids is 1. The Bertz CT molecular complexity index is 2380. The first kappa shape index (κ1) is 32.6. The Morgan fingerprint density at radius 2 is 1.88 bits per heavy atom. The molecule has 2 aliphatic heterocycles. The third kappa shape index (κ3) is 5.40. The smallest absolute Gasteiger partial charge is 0.280 e. The van der Waals surface area contributed by atoms with Crippen molar-refractivity contribution in [2.75, 3.05) is 19.0 Å². The number of amides is 1. The van der Waals surface area contributed by atoms with Crippen LogP contribution in [0.5, 0.6) is 5.75 Å². The molecule has 6 aromatic rings. The van der Waals surface area contributed by atoms with Gasteiger partial charge in [0.25, 0.3) is 12.3 Å². The van der Waals surface area contributed by atoms with Crippen LogP contribution in [-0.2, 0) is 19.3 Å². The highest BCUT2D eigenvalue weighted by Gasteiger charge is 2.45. The molecule has 13 heteroatoms. The van der Waals surface area contributed by atoms with Gasteiger partial charge in [0.2, 0.25) is 11.8 Å². The predicted molar refractivity (Wildman–Crippen MR) is 190 cm³/mol. The van der Waals surface area contributed by atoms with Gasteiger partial charge in [0, 0.05) is 23.9 Å². The van der Waals surface area contributed by atoms with E-state index in [1.807, 2.05) is 29.2 Å². The topological polar surface area (TPSA) is 106 Å². The minimum absolute atomic E-state index is 0.124. The van der Waals surface area contributed by atoms with E-state index in [1.54, 1.807) is 26.2 Å². The van der Waals surface area contributed by atoms with Gasteiger partial charge in [-0.3, -0.25) is 9.78 Å². The van der Waals surface area contributed by atoms with E-state index in [2.05, 4.69) is 20.5 Å². The summed E-state index contributed by atoms with van der Waals surface area (Å²) < 4.78 is 54.9. The number of ether oxygens (including phenoxy) is 1. The van der Waals surface area contributed by atoms with E-state index in [4.69, 9.17) is 14.1 Å². The maximum Gasteiger partial charge on any atom is 0.280 e. The predicted octanol–water partition coefficient (Wildman–Crippen LogP) is 8.98. The van der Waals surface area contributed by atoms with Crippen molar-refractivity contribution in [1.82, 2.24) is 25.1 Å². The van der Waals surface area contributed by atoms with Crippen molar-refractivity contribution < 1.29 is 27.1 Å². The number of thiophene rings is 1. The largest absolute Gasteiger partial charge is 0.496 e. The molecule has 1 saturated heterocycles. The summed E-state index contributed by atoms with van der Waals surface area (Å²) in [6, 6.07) is 15.2. The van der Waals surface area contributed by atoms with E-state index in [9.17, 15) is 18.0 Å². The van der Waals surface area contributed by atoms with Gasteiger partial charge in [-0.1, -0.05) is 24.3 Å². The molecule has 3 aliphatic rings. The minimum atomic E-state index is -2.79. The van der Waals surface area contributed by atoms with E-state index >= 15 is 0 Å². The Morgan fingerprint density at radius 1 is 1.04 bits per heavy atom. The lowest BCUT2D eigenvalue weighted by Crippen LogP contribution is -2.22. The highest BCUT2D eigenvalue weighted by molar-refractivity contribution is 7.23. The number of nitrogens with one attached hydrogen (secondary N) is 1. The third-order valence-corrected chi connectivity index (χ3v) is 11.6. The number of methoxy groups -OCH3 is 1. The van der Waals surface area contributed by atoms with E-state index in [1.165, 1.54) is 29.5 Å². The van der Waals surface area contributed by atoms with Crippen LogP contribution < -0.4 is 10.1 Å². The molecule has 9 rings (SSSR count). The first-order chi connectivity index (χ1) is 25.3. The van der Waals surface area contributed by atoms with Gasteiger partial charge in [0.1, 0.15) is 23.1 Å². The second kappa shape index (κ2) is 12.7. The highest BCUT2D eigenvalue weighted by Crippen LogP contribution is 2.51. The van der Waals surface area contributed by atoms with Crippen molar-refractivity contribution in [3.63, 3.8) is 0 Å². The molecule has 1 N–H and O–H groups in total. The van der Waals surface area contributed by atoms with Gasteiger partial charge in [0.05, 0.1) is 46.4 Å². The number of anilines is 1. The summed E-state index contributed by atoms with van der Waals surface area (Å²) in [4.78, 5) is 26.4. The molecule has 0 radical (unpaired) electrons. The quantitative estimate of drug-likeness (QED) is 0.158. The van der Waals surface area contributed by atoms with Gasteiger partial charge in [-0.25, -0.2) is 18.2 Å². The first-order valence-corrected chi connectivity index (χ1v) is 18.2. The van der Waals surface area contributed by atoms with Gasteiger partial charge in [-0.05, 0) is 90.9 Å². The number of pyridine rings is 2. The molecule has 52 heavy (non-hydrogen) atoms. The molecule has 2 aromatic carbocycles. The van der Waals surface area contributed by atoms with Crippen LogP contribution in [0.2, 0.25) is 0 Å². The van der Waals surface area contributed by atoms with Gasteiger partial charge in [-0.15, -0.1) is 21.5 Å². The molecule has 6 heterocycles. The molecule has 1 aliphatic carbocycles. The third-order valence-electron chi connectivity index (χ3n) is 10.4. The number of aryl methyl sites for hydroxylation is 3. The summed E-state index contributed by atoms with van der Waals surface area (Å²) >= 11 is 1.38. The van der Waals surface area contributed by atoms with E-state index in [0.29, 0.717) is 74.1 Å². The van der Waals surface area contributed by atoms with Crippen LogP contribution in [0.3, 0.4) is 0 Å². The fraction of sp³-hybridized carbons (Fsp3) is 0.308. The number of nitrogens with zero attached hydrogens (tertiary/aromatic N) is 5. The molecule has 264 valence electrons. The standard InChI is InChI=1S/C39H33F3N6O3S/c1-19-46-47-38(51-19)31-26(14-10-20-8-11-22(40)12-9-20)43-34-28-6-4-16-48(28)39(49)33(34)32(31)30-18-21-17-27(36(41)42)45-37(35(21)52-30)44-25-15-13-24-23(25)5-3-7-29(24)50-2/h3,5,7-9,11-12,17-18,25,28,36H,4,6,10,13-16H2,1-2H3,(H,44,45)/t25-,28-/m0/s1. The fourth-order valence-corrected chi connectivity index (χ4v) is 9.20. The van der Waals surface area contributed by atoms with Gasteiger partial charge in [-0.2, -0.15) is 0 Å². The van der Waals surface area contributed by atoms with E-state index < -0.39 is 6.43 Å². The van der Waals surface area contributed by atoms with Crippen LogP contribution in [0, 0.1) is 12.7 Å². The summed E-state index contributed by atoms with van der Waals surface area (Å²) in [5, 5.41) is 12.6. The molecule has 0 spiro atoms. The lowest BCUT2D eigenvalue weighted by atomic mass is 9.93. The zero-order valence-corrected chi connectivity index (χ0v) is 29.2. The lowest BCUT2D eigenvalue weighted by Gasteiger charge is -2.17. The molecule has 0 unspecified atom stereocenters. The molecule has 0 saturated carbocycles. The summed E-state index contributed by atoms with van der Waals surface area (Å²) in [6.07, 6.45) is 1.39. The Labute approximate surface area is 300 Å². The number of hydrogen-bond donors (Lipinski definition) is 1. The Hall–Kier alpha value is -5.30. The van der Waals surface area contributed by atoms with Crippen LogP contribution in [0.1, 0.15) is 87.8 Å². The average Bonchev–Trinajstić information content (AvgIpc) is 3.98. The van der Waals surface area contributed by atoms with Crippen molar-refractivity contribution in [2.24, 2.45) is 0 Å². The van der Waals surface area contributed by atoms with Crippen molar-refractivity contribution >= 4 is 33.1 Å². The lowest BCUT2D eigenvalue weighted by molar-refractivity contribution is 0.0776. The molecular weight excluding hydrogens is 690 g/mol. The number of aromatic nitrogens is 4. The normalized spacial score (nSPS) is 17.7. The summed E-state index contributed by atoms with van der Waals surface area (Å²) in [7, 11) is 1.64. The van der Waals surface area contributed by atoms with Crippen molar-refractivity contribution in [3.05, 3.63) is 106 Å². The summed E-state index contributed by atoms with van der Waals surface area (Å²) in [6.45, 7) is 2.32. The Kier molecular flexibility index (Phi) is 7.98. The zero-order chi connectivity index (χ0) is 35.7. The number of carbonyl (C=O) groups is 1. The van der Waals surface area contributed by atoms with Crippen LogP contribution in [-0.4, -0.2) is 44.6 Å². The van der Waals surface area contributed by atoms with Crippen molar-refractivity contribution in [2.45, 2.75) is 64.0 Å². The number of hydrogen-bond acceptors (Lipinski definition) is 9. The highest BCUT2D eigenvalue weighted by atomic mass is 32.1. The average molecular weight is 723 g/mol. The zero-order valence-electron chi connectivity index (χ0n) is 28.4. The van der Waals surface area contributed by atoms with Crippen molar-refractivity contribution in [1.29, 1.82) is 0 Å². The van der Waals surface area contributed by atoms with Gasteiger partial charge in [0.15, 0.2) is 0 Å². The van der Waals surface area contributed by atoms with Gasteiger partial charge < -0.3 is 19.4 Å². The summed E-state index contributed by atoms with van der Waals surface area (Å²) in [5.74, 6) is 1.28. The number of halogens is 3. The maximum atomic E-state index is 14.4. The maximum absolute atomic E-state index is 14.4. The molecule has 0 bridgehead atoms. The second-order valence-corrected chi connectivity index (χ2v) is 14.5. The molecule has 2 atom stereocenters. The van der Waals surface area contributed by atoms with E-state index in [-0.39, 0.29) is 35.4 Å². The molecule has 4 aromatic heterocycles. The number of alkyl halides is 2. The molecule has 1 fully saturated rings. The number of fused-ring (bicyclic) bond motifs is 5. The Morgan fingerprint density at radius 3 is 2.65 bits per heavy atom. The molecule has 1 amide bonds. The molecule has 9 nitrogen and oxygen atoms in total. The monoisotopic (exact) mass is 722 g/mol. The van der Waals surface area contributed by atoms with Crippen LogP contribution >= 0.6 is 11.3 Å². The van der Waals surface area contributed by atoms with Crippen LogP contribution in [0.4, 0.5) is 19.0 Å². The number of rotatable bonds is 9. The second-order valence-electron chi connectivity index (χ2n) is 13.5. The van der Waals surface area contributed by atoms with Crippen molar-refractivity contribution in [3.8, 4) is 27.6 Å². The van der Waals surface area contributed by atoms with Crippen LogP contribution in [0.15, 0.2) is 59.0 Å².